The summed E-state index contributed by atoms with van der Waals surface area (Å²) in [6, 6.07) is 8.15. The van der Waals surface area contributed by atoms with Crippen molar-refractivity contribution in [3.63, 3.8) is 0 Å². The summed E-state index contributed by atoms with van der Waals surface area (Å²) in [5.74, 6) is 0.346. The molecule has 0 N–H and O–H groups in total. The van der Waals surface area contributed by atoms with Crippen LogP contribution >= 0.6 is 0 Å². The zero-order chi connectivity index (χ0) is 11.3. The van der Waals surface area contributed by atoms with E-state index < -0.39 is 0 Å². The van der Waals surface area contributed by atoms with Gasteiger partial charge < -0.3 is 4.74 Å². The number of hydrogen-bond acceptors (Lipinski definition) is 2. The number of benzene rings is 1. The summed E-state index contributed by atoms with van der Waals surface area (Å²) in [5.41, 5.74) is 3.18. The third-order valence-corrected chi connectivity index (χ3v) is 2.63. The van der Waals surface area contributed by atoms with Crippen LogP contribution in [0.5, 0.6) is 0 Å². The Labute approximate surface area is 91.5 Å². The molecule has 0 saturated carbocycles. The van der Waals surface area contributed by atoms with E-state index in [0.29, 0.717) is 12.5 Å². The van der Waals surface area contributed by atoms with Crippen molar-refractivity contribution >= 4 is 0 Å². The van der Waals surface area contributed by atoms with Gasteiger partial charge in [0.15, 0.2) is 0 Å². The lowest BCUT2D eigenvalue weighted by atomic mass is 9.91. The minimum Gasteiger partial charge on any atom is -0.384 e. The van der Waals surface area contributed by atoms with Crippen LogP contribution in [0.4, 0.5) is 0 Å². The van der Waals surface area contributed by atoms with Crippen molar-refractivity contribution in [3.05, 3.63) is 34.9 Å². The lowest BCUT2D eigenvalue weighted by molar-refractivity contribution is 0.184. The molecule has 1 atom stereocenters. The molecule has 0 radical (unpaired) electrons. The number of nitriles is 1. The fourth-order valence-corrected chi connectivity index (χ4v) is 1.91. The SMILES string of the molecule is CCc1c(C#N)cccc1C(C)COC. The molecule has 80 valence electrons. The van der Waals surface area contributed by atoms with Crippen LogP contribution in [0.3, 0.4) is 0 Å². The van der Waals surface area contributed by atoms with Crippen LogP contribution in [0.2, 0.25) is 0 Å². The van der Waals surface area contributed by atoms with Crippen molar-refractivity contribution in [3.8, 4) is 6.07 Å². The quantitative estimate of drug-likeness (QED) is 0.753. The largest absolute Gasteiger partial charge is 0.384 e. The van der Waals surface area contributed by atoms with Gasteiger partial charge in [0, 0.05) is 13.0 Å². The Hall–Kier alpha value is -1.33. The predicted octanol–water partition coefficient (Wildman–Crippen LogP) is 2.87. The Morgan fingerprint density at radius 2 is 2.20 bits per heavy atom. The number of ether oxygens (including phenoxy) is 1. The Bertz CT molecular complexity index is 365. The van der Waals surface area contributed by atoms with E-state index in [0.717, 1.165) is 17.5 Å². The van der Waals surface area contributed by atoms with Gasteiger partial charge in [0.1, 0.15) is 0 Å². The van der Waals surface area contributed by atoms with Gasteiger partial charge >= 0.3 is 0 Å². The fourth-order valence-electron chi connectivity index (χ4n) is 1.91. The first kappa shape index (κ1) is 11.7. The molecule has 0 amide bonds. The molecule has 0 fully saturated rings. The highest BCUT2D eigenvalue weighted by atomic mass is 16.5. The van der Waals surface area contributed by atoms with E-state index in [1.54, 1.807) is 7.11 Å². The van der Waals surface area contributed by atoms with Crippen molar-refractivity contribution in [2.45, 2.75) is 26.2 Å². The van der Waals surface area contributed by atoms with Gasteiger partial charge in [0.25, 0.3) is 0 Å². The van der Waals surface area contributed by atoms with E-state index in [1.807, 2.05) is 12.1 Å². The molecule has 0 saturated heterocycles. The number of methoxy groups -OCH3 is 1. The molecule has 1 unspecified atom stereocenters. The second-order valence-electron chi connectivity index (χ2n) is 3.70. The summed E-state index contributed by atoms with van der Waals surface area (Å²) in [4.78, 5) is 0. The fraction of sp³-hybridized carbons (Fsp3) is 0.462. The molecule has 0 aliphatic rings. The second-order valence-corrected chi connectivity index (χ2v) is 3.70. The van der Waals surface area contributed by atoms with E-state index in [4.69, 9.17) is 10.00 Å². The average Bonchev–Trinajstić information content (AvgIpc) is 2.28. The minimum atomic E-state index is 0.346. The molecule has 1 rings (SSSR count). The van der Waals surface area contributed by atoms with Crippen molar-refractivity contribution in [1.82, 2.24) is 0 Å². The first-order chi connectivity index (χ1) is 7.24. The molecule has 0 bridgehead atoms. The predicted molar refractivity (Wildman–Crippen MR) is 60.8 cm³/mol. The van der Waals surface area contributed by atoms with Crippen LogP contribution in [0.25, 0.3) is 0 Å². The molecule has 0 heterocycles. The Kier molecular flexibility index (Phi) is 4.33. The minimum absolute atomic E-state index is 0.346. The van der Waals surface area contributed by atoms with Crippen molar-refractivity contribution in [2.24, 2.45) is 0 Å². The normalized spacial score (nSPS) is 12.1. The third-order valence-electron chi connectivity index (χ3n) is 2.63. The smallest absolute Gasteiger partial charge is 0.0994 e. The van der Waals surface area contributed by atoms with Crippen LogP contribution in [0.1, 0.15) is 36.5 Å². The van der Waals surface area contributed by atoms with E-state index in [9.17, 15) is 0 Å². The average molecular weight is 203 g/mol. The van der Waals surface area contributed by atoms with E-state index >= 15 is 0 Å². The Morgan fingerprint density at radius 1 is 1.47 bits per heavy atom. The van der Waals surface area contributed by atoms with E-state index in [-0.39, 0.29) is 0 Å². The highest BCUT2D eigenvalue weighted by Gasteiger charge is 2.12. The summed E-state index contributed by atoms with van der Waals surface area (Å²) in [7, 11) is 1.70. The molecule has 0 aliphatic carbocycles. The molecular weight excluding hydrogens is 186 g/mol. The summed E-state index contributed by atoms with van der Waals surface area (Å²) in [5, 5.41) is 9.00. The lowest BCUT2D eigenvalue weighted by Crippen LogP contribution is -2.06. The summed E-state index contributed by atoms with van der Waals surface area (Å²) < 4.78 is 5.15. The monoisotopic (exact) mass is 203 g/mol. The maximum atomic E-state index is 9.00. The standard InChI is InChI=1S/C13H17NO/c1-4-12-11(8-14)6-5-7-13(12)10(2)9-15-3/h5-7,10H,4,9H2,1-3H3. The van der Waals surface area contributed by atoms with Crippen molar-refractivity contribution in [2.75, 3.05) is 13.7 Å². The lowest BCUT2D eigenvalue weighted by Gasteiger charge is -2.15. The van der Waals surface area contributed by atoms with E-state index in [1.165, 1.54) is 5.56 Å². The van der Waals surface area contributed by atoms with Crippen LogP contribution < -0.4 is 0 Å². The molecule has 0 spiro atoms. The van der Waals surface area contributed by atoms with Gasteiger partial charge in [-0.1, -0.05) is 26.0 Å². The highest BCUT2D eigenvalue weighted by molar-refractivity contribution is 5.44. The summed E-state index contributed by atoms with van der Waals surface area (Å²) >= 11 is 0. The van der Waals surface area contributed by atoms with Crippen LogP contribution in [0, 0.1) is 11.3 Å². The van der Waals surface area contributed by atoms with Crippen LogP contribution in [-0.2, 0) is 11.2 Å². The third kappa shape index (κ3) is 2.57. The van der Waals surface area contributed by atoms with E-state index in [2.05, 4.69) is 26.0 Å². The molecular formula is C13H17NO. The van der Waals surface area contributed by atoms with Crippen LogP contribution in [-0.4, -0.2) is 13.7 Å². The van der Waals surface area contributed by atoms with Crippen molar-refractivity contribution < 1.29 is 4.74 Å². The topological polar surface area (TPSA) is 33.0 Å². The van der Waals surface area contributed by atoms with Gasteiger partial charge in [-0.3, -0.25) is 0 Å². The molecule has 2 heteroatoms. The number of rotatable bonds is 4. The molecule has 2 nitrogen and oxygen atoms in total. The maximum Gasteiger partial charge on any atom is 0.0994 e. The van der Waals surface area contributed by atoms with Crippen LogP contribution in [0.15, 0.2) is 18.2 Å². The number of hydrogen-bond donors (Lipinski definition) is 0. The molecule has 1 aromatic rings. The summed E-state index contributed by atoms with van der Waals surface area (Å²) in [6.45, 7) is 4.90. The molecule has 15 heavy (non-hydrogen) atoms. The first-order valence-electron chi connectivity index (χ1n) is 5.25. The van der Waals surface area contributed by atoms with Gasteiger partial charge in [-0.15, -0.1) is 0 Å². The van der Waals surface area contributed by atoms with Gasteiger partial charge in [0.2, 0.25) is 0 Å². The first-order valence-corrected chi connectivity index (χ1v) is 5.25. The maximum absolute atomic E-state index is 9.00. The molecule has 0 aliphatic heterocycles. The number of nitrogens with zero attached hydrogens (tertiary/aromatic N) is 1. The van der Waals surface area contributed by atoms with Crippen molar-refractivity contribution in [1.29, 1.82) is 5.26 Å². The van der Waals surface area contributed by atoms with Gasteiger partial charge in [0.05, 0.1) is 18.2 Å². The Balaban J connectivity index is 3.12. The highest BCUT2D eigenvalue weighted by Crippen LogP contribution is 2.23. The molecule has 1 aromatic carbocycles. The zero-order valence-electron chi connectivity index (χ0n) is 9.58. The summed E-state index contributed by atoms with van der Waals surface area (Å²) in [6.07, 6.45) is 0.896. The Morgan fingerprint density at radius 3 is 2.73 bits per heavy atom. The van der Waals surface area contributed by atoms with Gasteiger partial charge in [-0.05, 0) is 23.6 Å². The zero-order valence-corrected chi connectivity index (χ0v) is 9.58. The van der Waals surface area contributed by atoms with Gasteiger partial charge in [-0.25, -0.2) is 0 Å². The molecule has 0 aromatic heterocycles. The van der Waals surface area contributed by atoms with Gasteiger partial charge in [-0.2, -0.15) is 5.26 Å². The second kappa shape index (κ2) is 5.53.